The molecule has 0 aliphatic rings. The molecule has 2 aromatic rings. The second-order valence-electron chi connectivity index (χ2n) is 4.45. The Kier molecular flexibility index (Phi) is 4.46. The van der Waals surface area contributed by atoms with E-state index in [2.05, 4.69) is 5.32 Å². The highest BCUT2D eigenvalue weighted by atomic mass is 16.5. The Labute approximate surface area is 118 Å². The number of rotatable bonds is 5. The molecule has 0 aromatic heterocycles. The first-order valence-corrected chi connectivity index (χ1v) is 6.31. The molecule has 0 spiro atoms. The van der Waals surface area contributed by atoms with Gasteiger partial charge in [0, 0.05) is 12.2 Å². The Morgan fingerprint density at radius 2 is 2.10 bits per heavy atom. The van der Waals surface area contributed by atoms with Crippen molar-refractivity contribution in [2.75, 3.05) is 11.9 Å². The summed E-state index contributed by atoms with van der Waals surface area (Å²) in [6.45, 7) is 2.64. The van der Waals surface area contributed by atoms with Gasteiger partial charge in [-0.25, -0.2) is 0 Å². The lowest BCUT2D eigenvalue weighted by molar-refractivity contribution is 0.368. The third kappa shape index (κ3) is 3.66. The first-order valence-electron chi connectivity index (χ1n) is 6.31. The number of ether oxygens (including phenoxy) is 1. The zero-order chi connectivity index (χ0) is 14.4. The Hall–Kier alpha value is -2.67. The zero-order valence-corrected chi connectivity index (χ0v) is 11.3. The summed E-state index contributed by atoms with van der Waals surface area (Å²) in [5.74, 6) is 0.952. The van der Waals surface area contributed by atoms with Crippen LogP contribution in [-0.4, -0.2) is 11.7 Å². The monoisotopic (exact) mass is 268 g/mol. The van der Waals surface area contributed by atoms with Gasteiger partial charge in [-0.3, -0.25) is 0 Å². The molecule has 2 N–H and O–H groups in total. The average Bonchev–Trinajstić information content (AvgIpc) is 2.45. The number of benzene rings is 2. The van der Waals surface area contributed by atoms with Gasteiger partial charge in [0.1, 0.15) is 17.6 Å². The molecule has 4 nitrogen and oxygen atoms in total. The summed E-state index contributed by atoms with van der Waals surface area (Å²) in [6, 6.07) is 14.8. The van der Waals surface area contributed by atoms with Crippen molar-refractivity contribution in [1.82, 2.24) is 0 Å². The lowest BCUT2D eigenvalue weighted by Gasteiger charge is -2.11. The van der Waals surface area contributed by atoms with Gasteiger partial charge in [-0.15, -0.1) is 0 Å². The molecule has 0 fully saturated rings. The molecule has 0 aliphatic heterocycles. The minimum Gasteiger partial charge on any atom is -0.508 e. The Morgan fingerprint density at radius 3 is 2.85 bits per heavy atom. The molecule has 0 atom stereocenters. The van der Waals surface area contributed by atoms with Gasteiger partial charge in [-0.05, 0) is 48.4 Å². The van der Waals surface area contributed by atoms with Crippen LogP contribution in [0.1, 0.15) is 11.1 Å². The quantitative estimate of drug-likeness (QED) is 0.817. The van der Waals surface area contributed by atoms with Crippen molar-refractivity contribution >= 4 is 5.69 Å². The molecule has 0 radical (unpaired) electrons. The number of hydrogen-bond donors (Lipinski definition) is 2. The third-order valence-electron chi connectivity index (χ3n) is 2.89. The van der Waals surface area contributed by atoms with Crippen LogP contribution >= 0.6 is 0 Å². The number of hydrogen-bond acceptors (Lipinski definition) is 4. The van der Waals surface area contributed by atoms with Crippen molar-refractivity contribution in [3.8, 4) is 17.6 Å². The summed E-state index contributed by atoms with van der Waals surface area (Å²) in [4.78, 5) is 0. The molecule has 2 aromatic carbocycles. The standard InChI is InChI=1S/C16H16N2O2/c1-12-9-14(19)5-6-16(12)18-11-13-3-2-4-15(10-13)20-8-7-17/h2-6,9-10,18-19H,8,11H2,1H3. The lowest BCUT2D eigenvalue weighted by atomic mass is 10.1. The second-order valence-corrected chi connectivity index (χ2v) is 4.45. The number of nitrogens with one attached hydrogen (secondary N) is 1. The highest BCUT2D eigenvalue weighted by molar-refractivity contribution is 5.53. The van der Waals surface area contributed by atoms with Gasteiger partial charge in [0.15, 0.2) is 6.61 Å². The number of aryl methyl sites for hydroxylation is 1. The highest BCUT2D eigenvalue weighted by Gasteiger charge is 2.01. The molecule has 102 valence electrons. The Balaban J connectivity index is 2.01. The largest absolute Gasteiger partial charge is 0.508 e. The van der Waals surface area contributed by atoms with Crippen LogP contribution in [0.15, 0.2) is 42.5 Å². The molecule has 0 heterocycles. The number of nitrogens with zero attached hydrogens (tertiary/aromatic N) is 1. The van der Waals surface area contributed by atoms with E-state index in [-0.39, 0.29) is 12.4 Å². The summed E-state index contributed by atoms with van der Waals surface area (Å²) < 4.78 is 5.27. The van der Waals surface area contributed by atoms with Crippen LogP contribution in [0.5, 0.6) is 11.5 Å². The summed E-state index contributed by atoms with van der Waals surface area (Å²) in [7, 11) is 0. The summed E-state index contributed by atoms with van der Waals surface area (Å²) in [5, 5.41) is 21.2. The van der Waals surface area contributed by atoms with Crippen LogP contribution in [0.2, 0.25) is 0 Å². The molecule has 0 saturated heterocycles. The maximum absolute atomic E-state index is 9.37. The summed E-state index contributed by atoms with van der Waals surface area (Å²) >= 11 is 0. The van der Waals surface area contributed by atoms with E-state index in [0.717, 1.165) is 16.8 Å². The molecule has 0 amide bonds. The van der Waals surface area contributed by atoms with E-state index in [0.29, 0.717) is 12.3 Å². The molecular formula is C16H16N2O2. The molecular weight excluding hydrogens is 252 g/mol. The van der Waals surface area contributed by atoms with Gasteiger partial charge in [0.2, 0.25) is 0 Å². The smallest absolute Gasteiger partial charge is 0.174 e. The fraction of sp³-hybridized carbons (Fsp3) is 0.188. The highest BCUT2D eigenvalue weighted by Crippen LogP contribution is 2.21. The molecule has 0 bridgehead atoms. The summed E-state index contributed by atoms with van der Waals surface area (Å²) in [5.41, 5.74) is 3.03. The SMILES string of the molecule is Cc1cc(O)ccc1NCc1cccc(OCC#N)c1. The van der Waals surface area contributed by atoms with Crippen LogP contribution in [-0.2, 0) is 6.54 Å². The maximum Gasteiger partial charge on any atom is 0.174 e. The minimum atomic E-state index is 0.0496. The van der Waals surface area contributed by atoms with Crippen molar-refractivity contribution in [2.24, 2.45) is 0 Å². The fourth-order valence-electron chi connectivity index (χ4n) is 1.90. The second kappa shape index (κ2) is 6.48. The van der Waals surface area contributed by atoms with Crippen molar-refractivity contribution in [3.63, 3.8) is 0 Å². The van der Waals surface area contributed by atoms with Crippen molar-refractivity contribution in [2.45, 2.75) is 13.5 Å². The van der Waals surface area contributed by atoms with E-state index < -0.39 is 0 Å². The van der Waals surface area contributed by atoms with E-state index in [1.54, 1.807) is 12.1 Å². The van der Waals surface area contributed by atoms with E-state index in [1.165, 1.54) is 0 Å². The number of anilines is 1. The van der Waals surface area contributed by atoms with Gasteiger partial charge in [-0.1, -0.05) is 12.1 Å². The van der Waals surface area contributed by atoms with Crippen LogP contribution in [0.25, 0.3) is 0 Å². The molecule has 2 rings (SSSR count). The van der Waals surface area contributed by atoms with Crippen LogP contribution < -0.4 is 10.1 Å². The van der Waals surface area contributed by atoms with Gasteiger partial charge >= 0.3 is 0 Å². The van der Waals surface area contributed by atoms with Crippen molar-refractivity contribution in [1.29, 1.82) is 5.26 Å². The molecule has 0 aliphatic carbocycles. The lowest BCUT2D eigenvalue weighted by Crippen LogP contribution is -2.01. The number of nitriles is 1. The van der Waals surface area contributed by atoms with E-state index in [9.17, 15) is 5.11 Å². The number of aromatic hydroxyl groups is 1. The first-order chi connectivity index (χ1) is 9.69. The molecule has 20 heavy (non-hydrogen) atoms. The minimum absolute atomic E-state index is 0.0496. The average molecular weight is 268 g/mol. The first kappa shape index (κ1) is 13.8. The van der Waals surface area contributed by atoms with Gasteiger partial charge in [0.05, 0.1) is 0 Å². The predicted octanol–water partition coefficient (Wildman–Crippen LogP) is 3.22. The van der Waals surface area contributed by atoms with Gasteiger partial charge in [0.25, 0.3) is 0 Å². The van der Waals surface area contributed by atoms with Crippen molar-refractivity contribution < 1.29 is 9.84 Å². The van der Waals surface area contributed by atoms with E-state index in [4.69, 9.17) is 10.00 Å². The van der Waals surface area contributed by atoms with E-state index in [1.807, 2.05) is 43.3 Å². The third-order valence-corrected chi connectivity index (χ3v) is 2.89. The fourth-order valence-corrected chi connectivity index (χ4v) is 1.90. The van der Waals surface area contributed by atoms with Crippen LogP contribution in [0.4, 0.5) is 5.69 Å². The van der Waals surface area contributed by atoms with Crippen molar-refractivity contribution in [3.05, 3.63) is 53.6 Å². The topological polar surface area (TPSA) is 65.3 Å². The van der Waals surface area contributed by atoms with Gasteiger partial charge < -0.3 is 15.2 Å². The zero-order valence-electron chi connectivity index (χ0n) is 11.3. The van der Waals surface area contributed by atoms with Crippen LogP contribution in [0.3, 0.4) is 0 Å². The number of phenols is 1. The normalized spacial score (nSPS) is 9.80. The Morgan fingerprint density at radius 1 is 1.25 bits per heavy atom. The number of phenolic OH excluding ortho intramolecular Hbond substituents is 1. The molecule has 4 heteroatoms. The van der Waals surface area contributed by atoms with Crippen LogP contribution in [0, 0.1) is 18.3 Å². The molecule has 0 saturated carbocycles. The predicted molar refractivity (Wildman–Crippen MR) is 77.7 cm³/mol. The molecule has 0 unspecified atom stereocenters. The maximum atomic E-state index is 9.37. The van der Waals surface area contributed by atoms with E-state index >= 15 is 0 Å². The van der Waals surface area contributed by atoms with Gasteiger partial charge in [-0.2, -0.15) is 5.26 Å². The summed E-state index contributed by atoms with van der Waals surface area (Å²) in [6.07, 6.45) is 0. The Bertz CT molecular complexity index is 633.